The average Bonchev–Trinajstić information content (AvgIpc) is 2.44. The van der Waals surface area contributed by atoms with E-state index in [0.717, 1.165) is 5.56 Å². The Morgan fingerprint density at radius 1 is 1.25 bits per heavy atom. The van der Waals surface area contributed by atoms with Crippen molar-refractivity contribution in [2.45, 2.75) is 26.4 Å². The van der Waals surface area contributed by atoms with Crippen molar-refractivity contribution in [3.63, 3.8) is 0 Å². The molecule has 2 unspecified atom stereocenters. The number of carbonyl (C=O) groups excluding carboxylic acids is 2. The summed E-state index contributed by atoms with van der Waals surface area (Å²) in [7, 11) is 1.72. The quantitative estimate of drug-likeness (QED) is 0.805. The molecule has 0 radical (unpaired) electrons. The molecule has 110 valence electrons. The molecule has 0 fully saturated rings. The zero-order valence-corrected chi connectivity index (χ0v) is 12.3. The minimum Gasteiger partial charge on any atom is -0.347 e. The van der Waals surface area contributed by atoms with Gasteiger partial charge < -0.3 is 16.0 Å². The lowest BCUT2D eigenvalue weighted by molar-refractivity contribution is -0.133. The van der Waals surface area contributed by atoms with Gasteiger partial charge in [-0.15, -0.1) is 0 Å². The summed E-state index contributed by atoms with van der Waals surface area (Å²) in [5, 5.41) is 2.62. The molecule has 0 saturated carbocycles. The van der Waals surface area contributed by atoms with Crippen LogP contribution in [0.3, 0.4) is 0 Å². The van der Waals surface area contributed by atoms with Crippen molar-refractivity contribution in [3.05, 3.63) is 35.9 Å². The normalized spacial score (nSPS) is 13.4. The molecule has 5 heteroatoms. The van der Waals surface area contributed by atoms with Crippen molar-refractivity contribution in [3.8, 4) is 0 Å². The number of nitrogens with zero attached hydrogens (tertiary/aromatic N) is 1. The molecular formula is C15H23N3O2. The van der Waals surface area contributed by atoms with Gasteiger partial charge in [0.2, 0.25) is 11.8 Å². The van der Waals surface area contributed by atoms with Crippen molar-refractivity contribution in [2.24, 2.45) is 11.7 Å². The van der Waals surface area contributed by atoms with E-state index in [1.165, 1.54) is 0 Å². The standard InChI is InChI=1S/C15H23N3O2/c1-11(12(2)16)15(20)17-9-14(19)18(3)10-13-7-5-4-6-8-13/h4-8,11-12H,9-10,16H2,1-3H3,(H,17,20). The lowest BCUT2D eigenvalue weighted by Gasteiger charge is -2.19. The number of nitrogens with one attached hydrogen (secondary N) is 1. The molecule has 0 spiro atoms. The van der Waals surface area contributed by atoms with E-state index in [2.05, 4.69) is 5.32 Å². The van der Waals surface area contributed by atoms with E-state index in [1.807, 2.05) is 30.3 Å². The predicted octanol–water partition coefficient (Wildman–Crippen LogP) is 0.744. The van der Waals surface area contributed by atoms with E-state index >= 15 is 0 Å². The number of rotatable bonds is 6. The lowest BCUT2D eigenvalue weighted by Crippen LogP contribution is -2.43. The van der Waals surface area contributed by atoms with Gasteiger partial charge in [-0.05, 0) is 12.5 Å². The van der Waals surface area contributed by atoms with Gasteiger partial charge in [0, 0.05) is 25.6 Å². The van der Waals surface area contributed by atoms with Crippen LogP contribution in [-0.4, -0.2) is 36.3 Å². The molecule has 3 N–H and O–H groups in total. The Bertz CT molecular complexity index is 446. The van der Waals surface area contributed by atoms with E-state index in [9.17, 15) is 9.59 Å². The first-order chi connectivity index (χ1) is 9.41. The highest BCUT2D eigenvalue weighted by molar-refractivity contribution is 5.85. The highest BCUT2D eigenvalue weighted by atomic mass is 16.2. The summed E-state index contributed by atoms with van der Waals surface area (Å²) >= 11 is 0. The van der Waals surface area contributed by atoms with Crippen LogP contribution < -0.4 is 11.1 Å². The third kappa shape index (κ3) is 5.01. The molecule has 5 nitrogen and oxygen atoms in total. The van der Waals surface area contributed by atoms with Gasteiger partial charge in [0.1, 0.15) is 0 Å². The highest BCUT2D eigenvalue weighted by Crippen LogP contribution is 2.03. The van der Waals surface area contributed by atoms with Gasteiger partial charge in [0.25, 0.3) is 0 Å². The number of hydrogen-bond donors (Lipinski definition) is 2. The highest BCUT2D eigenvalue weighted by Gasteiger charge is 2.18. The Kier molecular flexibility index (Phi) is 6.18. The minimum absolute atomic E-state index is 0.000767. The molecule has 0 bridgehead atoms. The van der Waals surface area contributed by atoms with Gasteiger partial charge in [-0.25, -0.2) is 0 Å². The summed E-state index contributed by atoms with van der Waals surface area (Å²) < 4.78 is 0. The van der Waals surface area contributed by atoms with Crippen LogP contribution in [0, 0.1) is 5.92 Å². The molecule has 0 aromatic heterocycles. The van der Waals surface area contributed by atoms with Crippen LogP contribution in [0.5, 0.6) is 0 Å². The van der Waals surface area contributed by atoms with E-state index in [0.29, 0.717) is 6.54 Å². The van der Waals surface area contributed by atoms with Crippen molar-refractivity contribution < 1.29 is 9.59 Å². The maximum Gasteiger partial charge on any atom is 0.242 e. The van der Waals surface area contributed by atoms with E-state index in [-0.39, 0.29) is 30.3 Å². The second-order valence-electron chi connectivity index (χ2n) is 5.10. The molecule has 1 aromatic carbocycles. The van der Waals surface area contributed by atoms with Crippen molar-refractivity contribution in [1.29, 1.82) is 0 Å². The Balaban J connectivity index is 2.41. The second kappa shape index (κ2) is 7.65. The Morgan fingerprint density at radius 2 is 1.85 bits per heavy atom. The van der Waals surface area contributed by atoms with Gasteiger partial charge in [0.05, 0.1) is 6.54 Å². The summed E-state index contributed by atoms with van der Waals surface area (Å²) in [5.41, 5.74) is 6.70. The van der Waals surface area contributed by atoms with Gasteiger partial charge in [0.15, 0.2) is 0 Å². The Labute approximate surface area is 120 Å². The second-order valence-corrected chi connectivity index (χ2v) is 5.10. The van der Waals surface area contributed by atoms with Crippen LogP contribution in [0.1, 0.15) is 19.4 Å². The average molecular weight is 277 g/mol. The minimum atomic E-state index is -0.303. The zero-order chi connectivity index (χ0) is 15.1. The van der Waals surface area contributed by atoms with Gasteiger partial charge >= 0.3 is 0 Å². The fourth-order valence-electron chi connectivity index (χ4n) is 1.64. The number of benzene rings is 1. The first-order valence-electron chi connectivity index (χ1n) is 6.73. The Hall–Kier alpha value is -1.88. The topological polar surface area (TPSA) is 75.4 Å². The maximum atomic E-state index is 11.9. The van der Waals surface area contributed by atoms with Crippen LogP contribution in [0.25, 0.3) is 0 Å². The first kappa shape index (κ1) is 16.2. The van der Waals surface area contributed by atoms with Crippen LogP contribution in [0.2, 0.25) is 0 Å². The third-order valence-electron chi connectivity index (χ3n) is 3.30. The van der Waals surface area contributed by atoms with Gasteiger partial charge in [-0.3, -0.25) is 9.59 Å². The zero-order valence-electron chi connectivity index (χ0n) is 12.3. The van der Waals surface area contributed by atoms with Crippen LogP contribution in [0.15, 0.2) is 30.3 Å². The summed E-state index contributed by atoms with van der Waals surface area (Å²) in [4.78, 5) is 25.2. The van der Waals surface area contributed by atoms with E-state index < -0.39 is 0 Å². The van der Waals surface area contributed by atoms with Crippen LogP contribution >= 0.6 is 0 Å². The van der Waals surface area contributed by atoms with Crippen molar-refractivity contribution >= 4 is 11.8 Å². The largest absolute Gasteiger partial charge is 0.347 e. The molecule has 0 aliphatic heterocycles. The van der Waals surface area contributed by atoms with Crippen LogP contribution in [-0.2, 0) is 16.1 Å². The van der Waals surface area contributed by atoms with E-state index in [1.54, 1.807) is 25.8 Å². The SMILES string of the molecule is CC(N)C(C)C(=O)NCC(=O)N(C)Cc1ccccc1. The molecule has 0 saturated heterocycles. The molecule has 0 aliphatic rings. The summed E-state index contributed by atoms with van der Waals surface area (Å²) in [6.45, 7) is 4.05. The van der Waals surface area contributed by atoms with Gasteiger partial charge in [-0.2, -0.15) is 0 Å². The van der Waals surface area contributed by atoms with Gasteiger partial charge in [-0.1, -0.05) is 37.3 Å². The van der Waals surface area contributed by atoms with Crippen molar-refractivity contribution in [2.75, 3.05) is 13.6 Å². The number of hydrogen-bond acceptors (Lipinski definition) is 3. The molecule has 0 heterocycles. The molecule has 2 atom stereocenters. The molecule has 0 aliphatic carbocycles. The predicted molar refractivity (Wildman–Crippen MR) is 78.7 cm³/mol. The monoisotopic (exact) mass is 277 g/mol. The number of likely N-dealkylation sites (N-methyl/N-ethyl adjacent to an activating group) is 1. The summed E-state index contributed by atoms with van der Waals surface area (Å²) in [6, 6.07) is 9.48. The van der Waals surface area contributed by atoms with Crippen LogP contribution in [0.4, 0.5) is 0 Å². The fraction of sp³-hybridized carbons (Fsp3) is 0.467. The first-order valence-corrected chi connectivity index (χ1v) is 6.73. The smallest absolute Gasteiger partial charge is 0.242 e. The summed E-state index contributed by atoms with van der Waals surface area (Å²) in [5.74, 6) is -0.622. The molecular weight excluding hydrogens is 254 g/mol. The van der Waals surface area contributed by atoms with Crippen molar-refractivity contribution in [1.82, 2.24) is 10.2 Å². The number of nitrogens with two attached hydrogens (primary N) is 1. The number of carbonyl (C=O) groups is 2. The van der Waals surface area contributed by atoms with E-state index in [4.69, 9.17) is 5.73 Å². The fourth-order valence-corrected chi connectivity index (χ4v) is 1.64. The molecule has 1 aromatic rings. The third-order valence-corrected chi connectivity index (χ3v) is 3.30. The summed E-state index contributed by atoms with van der Waals surface area (Å²) in [6.07, 6.45) is 0. The molecule has 20 heavy (non-hydrogen) atoms. The molecule has 2 amide bonds. The lowest BCUT2D eigenvalue weighted by atomic mass is 10.0. The number of amides is 2. The molecule has 1 rings (SSSR count). The Morgan fingerprint density at radius 3 is 2.40 bits per heavy atom. The maximum absolute atomic E-state index is 11.9.